The number of imide groups is 1. The Bertz CT molecular complexity index is 458. The Labute approximate surface area is 118 Å². The van der Waals surface area contributed by atoms with Gasteiger partial charge in [0.15, 0.2) is 0 Å². The molecule has 1 aliphatic heterocycles. The summed E-state index contributed by atoms with van der Waals surface area (Å²) in [5.74, 6) is -0.322. The number of hydrogen-bond acceptors (Lipinski definition) is 4. The van der Waals surface area contributed by atoms with E-state index in [0.29, 0.717) is 26.3 Å². The molecule has 1 saturated heterocycles. The standard InChI is InChI=1S/C14H19N3O3/c1-15-14(19)16-13(18)12(11-5-3-2-4-6-11)17-7-9-20-10-8-17/h2-6,12H,7-10H2,1H3,(H2,15,16,18,19)/t12-/m1/s1. The minimum Gasteiger partial charge on any atom is -0.379 e. The Morgan fingerprint density at radius 3 is 2.45 bits per heavy atom. The molecule has 6 nitrogen and oxygen atoms in total. The van der Waals surface area contributed by atoms with Gasteiger partial charge in [0.1, 0.15) is 6.04 Å². The molecule has 1 aromatic rings. The highest BCUT2D eigenvalue weighted by molar-refractivity contribution is 5.97. The molecule has 1 aromatic carbocycles. The Morgan fingerprint density at radius 2 is 1.85 bits per heavy atom. The van der Waals surface area contributed by atoms with Gasteiger partial charge >= 0.3 is 6.03 Å². The molecule has 1 fully saturated rings. The molecule has 0 unspecified atom stereocenters. The summed E-state index contributed by atoms with van der Waals surface area (Å²) < 4.78 is 5.32. The number of hydrogen-bond donors (Lipinski definition) is 2. The molecule has 3 amide bonds. The number of nitrogens with one attached hydrogen (secondary N) is 2. The van der Waals surface area contributed by atoms with Crippen molar-refractivity contribution in [2.24, 2.45) is 0 Å². The largest absolute Gasteiger partial charge is 0.379 e. The van der Waals surface area contributed by atoms with Crippen LogP contribution in [0.1, 0.15) is 11.6 Å². The van der Waals surface area contributed by atoms with E-state index in [1.165, 1.54) is 7.05 Å². The summed E-state index contributed by atoms with van der Waals surface area (Å²) in [4.78, 5) is 25.7. The monoisotopic (exact) mass is 277 g/mol. The van der Waals surface area contributed by atoms with Crippen LogP contribution in [0.25, 0.3) is 0 Å². The molecule has 1 heterocycles. The van der Waals surface area contributed by atoms with Gasteiger partial charge in [-0.3, -0.25) is 15.0 Å². The van der Waals surface area contributed by atoms with E-state index in [-0.39, 0.29) is 5.91 Å². The van der Waals surface area contributed by atoms with Crippen molar-refractivity contribution in [3.63, 3.8) is 0 Å². The molecule has 1 aliphatic rings. The van der Waals surface area contributed by atoms with Crippen molar-refractivity contribution in [3.8, 4) is 0 Å². The third-order valence-electron chi connectivity index (χ3n) is 3.24. The van der Waals surface area contributed by atoms with Gasteiger partial charge in [-0.15, -0.1) is 0 Å². The van der Waals surface area contributed by atoms with Gasteiger partial charge in [-0.05, 0) is 5.56 Å². The molecule has 108 valence electrons. The van der Waals surface area contributed by atoms with Crippen molar-refractivity contribution in [1.29, 1.82) is 0 Å². The molecule has 0 aromatic heterocycles. The first-order valence-electron chi connectivity index (χ1n) is 6.61. The zero-order valence-electron chi connectivity index (χ0n) is 11.5. The molecule has 2 rings (SSSR count). The third kappa shape index (κ3) is 3.55. The van der Waals surface area contributed by atoms with Gasteiger partial charge in [0, 0.05) is 20.1 Å². The van der Waals surface area contributed by atoms with Gasteiger partial charge in [0.05, 0.1) is 13.2 Å². The van der Waals surface area contributed by atoms with Crippen molar-refractivity contribution in [1.82, 2.24) is 15.5 Å². The summed E-state index contributed by atoms with van der Waals surface area (Å²) in [5, 5.41) is 4.75. The predicted octanol–water partition coefficient (Wildman–Crippen LogP) is 0.515. The number of morpholine rings is 1. The number of urea groups is 1. The van der Waals surface area contributed by atoms with E-state index in [1.807, 2.05) is 35.2 Å². The van der Waals surface area contributed by atoms with Crippen molar-refractivity contribution in [2.45, 2.75) is 6.04 Å². The lowest BCUT2D eigenvalue weighted by molar-refractivity contribution is -0.127. The maximum Gasteiger partial charge on any atom is 0.321 e. The van der Waals surface area contributed by atoms with E-state index in [0.717, 1.165) is 5.56 Å². The fraction of sp³-hybridized carbons (Fsp3) is 0.429. The lowest BCUT2D eigenvalue weighted by Gasteiger charge is -2.33. The molecule has 0 spiro atoms. The minimum atomic E-state index is -0.496. The average Bonchev–Trinajstić information content (AvgIpc) is 2.49. The predicted molar refractivity (Wildman–Crippen MR) is 74.2 cm³/mol. The number of carbonyl (C=O) groups excluding carboxylic acids is 2. The highest BCUT2D eigenvalue weighted by atomic mass is 16.5. The van der Waals surface area contributed by atoms with E-state index in [1.54, 1.807) is 0 Å². The highest BCUT2D eigenvalue weighted by Gasteiger charge is 2.29. The number of benzene rings is 1. The second kappa shape index (κ2) is 7.02. The van der Waals surface area contributed by atoms with Crippen LogP contribution < -0.4 is 10.6 Å². The lowest BCUT2D eigenvalue weighted by Crippen LogP contribution is -2.48. The van der Waals surface area contributed by atoms with E-state index in [9.17, 15) is 9.59 Å². The second-order valence-corrected chi connectivity index (χ2v) is 4.53. The summed E-state index contributed by atoms with van der Waals surface area (Å²) in [6.07, 6.45) is 0. The molecule has 20 heavy (non-hydrogen) atoms. The minimum absolute atomic E-state index is 0.322. The maximum absolute atomic E-state index is 12.4. The van der Waals surface area contributed by atoms with Crippen molar-refractivity contribution in [3.05, 3.63) is 35.9 Å². The van der Waals surface area contributed by atoms with Crippen LogP contribution in [-0.4, -0.2) is 50.2 Å². The van der Waals surface area contributed by atoms with Crippen LogP contribution in [0.4, 0.5) is 4.79 Å². The number of nitrogens with zero attached hydrogens (tertiary/aromatic N) is 1. The Hall–Kier alpha value is -1.92. The Kier molecular flexibility index (Phi) is 5.09. The van der Waals surface area contributed by atoms with Crippen LogP contribution in [0.2, 0.25) is 0 Å². The molecule has 0 aliphatic carbocycles. The van der Waals surface area contributed by atoms with E-state index in [2.05, 4.69) is 10.6 Å². The summed E-state index contributed by atoms with van der Waals surface area (Å²) in [7, 11) is 1.48. The molecule has 0 saturated carbocycles. The number of rotatable bonds is 3. The fourth-order valence-electron chi connectivity index (χ4n) is 2.24. The normalized spacial score (nSPS) is 17.2. The first-order valence-corrected chi connectivity index (χ1v) is 6.61. The van der Waals surface area contributed by atoms with Gasteiger partial charge in [-0.25, -0.2) is 4.79 Å². The summed E-state index contributed by atoms with van der Waals surface area (Å²) in [6.45, 7) is 2.52. The van der Waals surface area contributed by atoms with Gasteiger partial charge < -0.3 is 10.1 Å². The third-order valence-corrected chi connectivity index (χ3v) is 3.24. The molecular formula is C14H19N3O3. The molecule has 0 radical (unpaired) electrons. The van der Waals surface area contributed by atoms with Gasteiger partial charge in [-0.2, -0.15) is 0 Å². The Morgan fingerprint density at radius 1 is 1.20 bits per heavy atom. The molecule has 0 bridgehead atoms. The number of amides is 3. The van der Waals surface area contributed by atoms with Crippen molar-refractivity contribution >= 4 is 11.9 Å². The second-order valence-electron chi connectivity index (χ2n) is 4.53. The molecule has 1 atom stereocenters. The van der Waals surface area contributed by atoms with E-state index < -0.39 is 12.1 Å². The zero-order chi connectivity index (χ0) is 14.4. The SMILES string of the molecule is CNC(=O)NC(=O)[C@@H](c1ccccc1)N1CCOCC1. The molecular weight excluding hydrogens is 258 g/mol. The van der Waals surface area contributed by atoms with Crippen LogP contribution in [0.3, 0.4) is 0 Å². The maximum atomic E-state index is 12.4. The van der Waals surface area contributed by atoms with Gasteiger partial charge in [-0.1, -0.05) is 30.3 Å². The Balaban J connectivity index is 2.19. The van der Waals surface area contributed by atoms with Crippen LogP contribution in [0, 0.1) is 0 Å². The van der Waals surface area contributed by atoms with E-state index in [4.69, 9.17) is 4.74 Å². The molecule has 2 N–H and O–H groups in total. The summed E-state index contributed by atoms with van der Waals surface area (Å²) in [6, 6.07) is 8.48. The first-order chi connectivity index (χ1) is 9.72. The van der Waals surface area contributed by atoms with Crippen LogP contribution in [0.15, 0.2) is 30.3 Å². The summed E-state index contributed by atoms with van der Waals surface area (Å²) in [5.41, 5.74) is 0.871. The van der Waals surface area contributed by atoms with Crippen LogP contribution in [-0.2, 0) is 9.53 Å². The van der Waals surface area contributed by atoms with Crippen molar-refractivity contribution < 1.29 is 14.3 Å². The van der Waals surface area contributed by atoms with Crippen LogP contribution >= 0.6 is 0 Å². The quantitative estimate of drug-likeness (QED) is 0.845. The van der Waals surface area contributed by atoms with Gasteiger partial charge in [0.25, 0.3) is 0 Å². The van der Waals surface area contributed by atoms with Gasteiger partial charge in [0.2, 0.25) is 5.91 Å². The number of carbonyl (C=O) groups is 2. The zero-order valence-corrected chi connectivity index (χ0v) is 11.5. The smallest absolute Gasteiger partial charge is 0.321 e. The van der Waals surface area contributed by atoms with Crippen LogP contribution in [0.5, 0.6) is 0 Å². The van der Waals surface area contributed by atoms with Crippen molar-refractivity contribution in [2.75, 3.05) is 33.4 Å². The molecule has 6 heteroatoms. The fourth-order valence-corrected chi connectivity index (χ4v) is 2.24. The lowest BCUT2D eigenvalue weighted by atomic mass is 10.0. The summed E-state index contributed by atoms with van der Waals surface area (Å²) >= 11 is 0. The average molecular weight is 277 g/mol. The number of ether oxygens (including phenoxy) is 1. The topological polar surface area (TPSA) is 70.7 Å². The van der Waals surface area contributed by atoms with E-state index >= 15 is 0 Å². The first kappa shape index (κ1) is 14.5. The highest BCUT2D eigenvalue weighted by Crippen LogP contribution is 2.21.